The maximum absolute atomic E-state index is 13.9. The van der Waals surface area contributed by atoms with Crippen molar-refractivity contribution in [1.82, 2.24) is 0 Å². The zero-order valence-corrected chi connectivity index (χ0v) is 12.5. The van der Waals surface area contributed by atoms with Gasteiger partial charge in [-0.2, -0.15) is 0 Å². The molecule has 0 fully saturated rings. The van der Waals surface area contributed by atoms with Crippen molar-refractivity contribution in [2.75, 3.05) is 0 Å². The van der Waals surface area contributed by atoms with E-state index in [4.69, 9.17) is 4.74 Å². The van der Waals surface area contributed by atoms with E-state index in [0.717, 1.165) is 6.42 Å². The molecular weight excluding hydrogens is 361 g/mol. The Morgan fingerprint density at radius 2 is 1.84 bits per heavy atom. The number of rotatable bonds is 4. The van der Waals surface area contributed by atoms with Gasteiger partial charge < -0.3 is 4.74 Å². The van der Waals surface area contributed by atoms with Gasteiger partial charge in [0.15, 0.2) is 11.6 Å². The van der Waals surface area contributed by atoms with Crippen molar-refractivity contribution in [2.45, 2.75) is 17.5 Å². The Balaban J connectivity index is 2.28. The summed E-state index contributed by atoms with van der Waals surface area (Å²) in [4.78, 5) is 0. The molecule has 0 bridgehead atoms. The molecule has 0 amide bonds. The molecule has 100 valence electrons. The van der Waals surface area contributed by atoms with Crippen LogP contribution in [0.25, 0.3) is 11.1 Å². The summed E-state index contributed by atoms with van der Waals surface area (Å²) < 4.78 is 32.4. The van der Waals surface area contributed by atoms with E-state index < -0.39 is 5.82 Å². The molecule has 1 unspecified atom stereocenters. The van der Waals surface area contributed by atoms with Gasteiger partial charge in [0.2, 0.25) is 0 Å². The molecule has 0 aliphatic rings. The minimum Gasteiger partial charge on any atom is -0.477 e. The molecule has 19 heavy (non-hydrogen) atoms. The summed E-state index contributed by atoms with van der Waals surface area (Å²) in [6.07, 6.45) is 0.797. The van der Waals surface area contributed by atoms with Crippen LogP contribution in [0.2, 0.25) is 0 Å². The third-order valence-corrected chi connectivity index (χ3v) is 3.80. The highest BCUT2D eigenvalue weighted by molar-refractivity contribution is 14.1. The van der Waals surface area contributed by atoms with E-state index >= 15 is 0 Å². The summed E-state index contributed by atoms with van der Waals surface area (Å²) in [5.41, 5.74) is 1.28. The normalized spacial score (nSPS) is 12.2. The Kier molecular flexibility index (Phi) is 4.74. The summed E-state index contributed by atoms with van der Waals surface area (Å²) in [5, 5.41) is 0. The standard InChI is InChI=1S/C15H13F2IO/c1-2-15(18)19-14-7-6-11(9-13(14)17)10-4-3-5-12(16)8-10/h3-9,15H,2H2,1H3. The van der Waals surface area contributed by atoms with E-state index in [1.54, 1.807) is 24.3 Å². The quantitative estimate of drug-likeness (QED) is 0.529. The van der Waals surface area contributed by atoms with Crippen molar-refractivity contribution in [1.29, 1.82) is 0 Å². The van der Waals surface area contributed by atoms with E-state index in [1.807, 2.05) is 6.92 Å². The second-order valence-corrected chi connectivity index (χ2v) is 5.48. The smallest absolute Gasteiger partial charge is 0.165 e. The van der Waals surface area contributed by atoms with Gasteiger partial charge in [0.05, 0.1) is 0 Å². The van der Waals surface area contributed by atoms with E-state index in [9.17, 15) is 8.78 Å². The number of hydrogen-bond donors (Lipinski definition) is 0. The maximum atomic E-state index is 13.9. The predicted molar refractivity (Wildman–Crippen MR) is 80.5 cm³/mol. The van der Waals surface area contributed by atoms with Gasteiger partial charge in [-0.3, -0.25) is 0 Å². The Morgan fingerprint density at radius 1 is 1.11 bits per heavy atom. The van der Waals surface area contributed by atoms with Crippen LogP contribution < -0.4 is 4.74 Å². The van der Waals surface area contributed by atoms with Crippen molar-refractivity contribution in [2.24, 2.45) is 0 Å². The number of benzene rings is 2. The second kappa shape index (κ2) is 6.32. The molecule has 2 aromatic rings. The summed E-state index contributed by atoms with van der Waals surface area (Å²) in [7, 11) is 0. The van der Waals surface area contributed by atoms with Gasteiger partial charge in [-0.25, -0.2) is 8.78 Å². The van der Waals surface area contributed by atoms with Gasteiger partial charge in [-0.15, -0.1) is 0 Å². The first-order valence-corrected chi connectivity index (χ1v) is 7.21. The summed E-state index contributed by atoms with van der Waals surface area (Å²) in [5.74, 6) is -0.546. The highest BCUT2D eigenvalue weighted by Crippen LogP contribution is 2.27. The molecule has 2 rings (SSSR count). The van der Waals surface area contributed by atoms with Gasteiger partial charge in [0, 0.05) is 0 Å². The molecule has 0 heterocycles. The lowest BCUT2D eigenvalue weighted by Gasteiger charge is -2.12. The third kappa shape index (κ3) is 3.65. The minimum absolute atomic E-state index is 0.0629. The Hall–Kier alpha value is -1.17. The third-order valence-electron chi connectivity index (χ3n) is 2.67. The Labute approximate surface area is 124 Å². The van der Waals surface area contributed by atoms with Crippen molar-refractivity contribution < 1.29 is 13.5 Å². The molecule has 1 atom stereocenters. The van der Waals surface area contributed by atoms with Gasteiger partial charge in [-0.05, 0) is 64.4 Å². The fraction of sp³-hybridized carbons (Fsp3) is 0.200. The molecule has 0 saturated carbocycles. The topological polar surface area (TPSA) is 9.23 Å². The van der Waals surface area contributed by atoms with Gasteiger partial charge >= 0.3 is 0 Å². The lowest BCUT2D eigenvalue weighted by atomic mass is 10.1. The van der Waals surface area contributed by atoms with Crippen molar-refractivity contribution >= 4 is 22.6 Å². The van der Waals surface area contributed by atoms with Crippen LogP contribution in [0.3, 0.4) is 0 Å². The average Bonchev–Trinajstić information content (AvgIpc) is 2.41. The van der Waals surface area contributed by atoms with Gasteiger partial charge in [-0.1, -0.05) is 25.1 Å². The zero-order chi connectivity index (χ0) is 13.8. The van der Waals surface area contributed by atoms with E-state index in [1.165, 1.54) is 18.2 Å². The molecular formula is C15H13F2IO. The molecule has 0 aliphatic heterocycles. The van der Waals surface area contributed by atoms with Crippen LogP contribution >= 0.6 is 22.6 Å². The highest BCUT2D eigenvalue weighted by atomic mass is 127. The Bertz CT molecular complexity index is 572. The summed E-state index contributed by atoms with van der Waals surface area (Å²) >= 11 is 2.11. The maximum Gasteiger partial charge on any atom is 0.165 e. The van der Waals surface area contributed by atoms with Gasteiger partial charge in [0.1, 0.15) is 9.93 Å². The zero-order valence-electron chi connectivity index (χ0n) is 10.4. The predicted octanol–water partition coefficient (Wildman–Crippen LogP) is 5.18. The largest absolute Gasteiger partial charge is 0.477 e. The first kappa shape index (κ1) is 14.2. The number of ether oxygens (including phenoxy) is 1. The van der Waals surface area contributed by atoms with Crippen molar-refractivity contribution in [3.05, 3.63) is 54.1 Å². The van der Waals surface area contributed by atoms with Crippen molar-refractivity contribution in [3.63, 3.8) is 0 Å². The van der Waals surface area contributed by atoms with Gasteiger partial charge in [0.25, 0.3) is 0 Å². The number of halogens is 3. The van der Waals surface area contributed by atoms with Crippen LogP contribution in [0.1, 0.15) is 13.3 Å². The lowest BCUT2D eigenvalue weighted by molar-refractivity contribution is 0.284. The average molecular weight is 374 g/mol. The van der Waals surface area contributed by atoms with Crippen LogP contribution in [0.15, 0.2) is 42.5 Å². The van der Waals surface area contributed by atoms with E-state index in [0.29, 0.717) is 11.1 Å². The number of alkyl halides is 1. The fourth-order valence-electron chi connectivity index (χ4n) is 1.67. The molecule has 0 aromatic heterocycles. The van der Waals surface area contributed by atoms with Crippen molar-refractivity contribution in [3.8, 4) is 16.9 Å². The fourth-order valence-corrected chi connectivity index (χ4v) is 1.94. The second-order valence-electron chi connectivity index (χ2n) is 4.09. The molecule has 0 radical (unpaired) electrons. The highest BCUT2D eigenvalue weighted by Gasteiger charge is 2.10. The Morgan fingerprint density at radius 3 is 2.47 bits per heavy atom. The first-order valence-electron chi connectivity index (χ1n) is 5.96. The number of hydrogen-bond acceptors (Lipinski definition) is 1. The van der Waals surface area contributed by atoms with Crippen LogP contribution in [-0.2, 0) is 0 Å². The lowest BCUT2D eigenvalue weighted by Crippen LogP contribution is -2.06. The molecule has 2 aromatic carbocycles. The molecule has 1 nitrogen and oxygen atoms in total. The van der Waals surface area contributed by atoms with Crippen LogP contribution in [0, 0.1) is 11.6 Å². The van der Waals surface area contributed by atoms with E-state index in [2.05, 4.69) is 22.6 Å². The molecule has 0 N–H and O–H groups in total. The van der Waals surface area contributed by atoms with Crippen LogP contribution in [0.5, 0.6) is 5.75 Å². The van der Waals surface area contributed by atoms with E-state index in [-0.39, 0.29) is 15.7 Å². The molecule has 0 aliphatic carbocycles. The minimum atomic E-state index is -0.433. The molecule has 4 heteroatoms. The summed E-state index contributed by atoms with van der Waals surface area (Å²) in [6.45, 7) is 1.97. The monoisotopic (exact) mass is 374 g/mol. The van der Waals surface area contributed by atoms with Crippen LogP contribution in [-0.4, -0.2) is 4.11 Å². The molecule has 0 spiro atoms. The first-order chi connectivity index (χ1) is 9.10. The molecule has 0 saturated heterocycles. The summed E-state index contributed by atoms with van der Waals surface area (Å²) in [6, 6.07) is 10.8. The SMILES string of the molecule is CCC(I)Oc1ccc(-c2cccc(F)c2)cc1F. The van der Waals surface area contributed by atoms with Crippen LogP contribution in [0.4, 0.5) is 8.78 Å².